The van der Waals surface area contributed by atoms with Crippen molar-refractivity contribution in [3.05, 3.63) is 34.4 Å². The van der Waals surface area contributed by atoms with E-state index in [1.807, 2.05) is 0 Å². The molecule has 1 aromatic carbocycles. The molecule has 0 saturated heterocycles. The van der Waals surface area contributed by atoms with Crippen LogP contribution in [0, 0.1) is 32.6 Å². The first kappa shape index (κ1) is 16.5. The molecular weight excluding hydrogens is 254 g/mol. The zero-order chi connectivity index (χ0) is 15.4. The maximum atomic E-state index is 3.66. The fraction of sp³-hybridized carbons (Fsp3) is 0.700. The average Bonchev–Trinajstić information content (AvgIpc) is 2.45. The highest BCUT2D eigenvalue weighted by molar-refractivity contribution is 5.39. The molecule has 3 unspecified atom stereocenters. The second-order valence-corrected chi connectivity index (χ2v) is 7.28. The van der Waals surface area contributed by atoms with Gasteiger partial charge in [0.05, 0.1) is 0 Å². The maximum Gasteiger partial charge on any atom is -0.00147 e. The molecule has 0 spiro atoms. The number of benzene rings is 1. The fourth-order valence-corrected chi connectivity index (χ4v) is 3.92. The Morgan fingerprint density at radius 2 is 1.76 bits per heavy atom. The predicted octanol–water partition coefficient (Wildman–Crippen LogP) is 5.13. The van der Waals surface area contributed by atoms with Gasteiger partial charge in [0.1, 0.15) is 0 Å². The van der Waals surface area contributed by atoms with Gasteiger partial charge in [0.2, 0.25) is 0 Å². The van der Waals surface area contributed by atoms with Crippen molar-refractivity contribution >= 4 is 0 Å². The molecule has 1 aromatic rings. The van der Waals surface area contributed by atoms with Crippen molar-refractivity contribution in [2.45, 2.75) is 66.2 Å². The van der Waals surface area contributed by atoms with Crippen LogP contribution in [0.25, 0.3) is 0 Å². The summed E-state index contributed by atoms with van der Waals surface area (Å²) in [6, 6.07) is 4.86. The highest BCUT2D eigenvalue weighted by Crippen LogP contribution is 2.41. The Morgan fingerprint density at radius 3 is 2.48 bits per heavy atom. The molecule has 1 nitrogen and oxygen atoms in total. The van der Waals surface area contributed by atoms with Gasteiger partial charge in [-0.1, -0.05) is 32.4 Å². The Morgan fingerprint density at radius 1 is 1.05 bits per heavy atom. The molecule has 2 rings (SSSR count). The van der Waals surface area contributed by atoms with E-state index >= 15 is 0 Å². The first-order valence-corrected chi connectivity index (χ1v) is 8.81. The largest absolute Gasteiger partial charge is 0.316 e. The minimum absolute atomic E-state index is 0.748. The fourth-order valence-electron chi connectivity index (χ4n) is 3.92. The lowest BCUT2D eigenvalue weighted by atomic mass is 9.70. The minimum atomic E-state index is 0.748. The van der Waals surface area contributed by atoms with Gasteiger partial charge in [-0.3, -0.25) is 0 Å². The molecule has 0 aromatic heterocycles. The van der Waals surface area contributed by atoms with Crippen molar-refractivity contribution in [3.8, 4) is 0 Å². The standard InChI is InChI=1S/C20H33N/c1-6-9-21-13-18-8-7-14(2)10-20(18)19-12-16(4)15(3)11-17(19)5/h11-12,14,18,20-21H,6-10,13H2,1-5H3. The second-order valence-electron chi connectivity index (χ2n) is 7.28. The second kappa shape index (κ2) is 7.45. The summed E-state index contributed by atoms with van der Waals surface area (Å²) in [5.74, 6) is 2.43. The SMILES string of the molecule is CCCNCC1CCC(C)CC1c1cc(C)c(C)cc1C. The number of nitrogens with one attached hydrogen (secondary N) is 1. The van der Waals surface area contributed by atoms with E-state index in [9.17, 15) is 0 Å². The summed E-state index contributed by atoms with van der Waals surface area (Å²) >= 11 is 0. The van der Waals surface area contributed by atoms with E-state index in [0.717, 1.165) is 24.3 Å². The molecule has 1 fully saturated rings. The molecule has 1 aliphatic rings. The van der Waals surface area contributed by atoms with E-state index in [0.29, 0.717) is 0 Å². The van der Waals surface area contributed by atoms with Crippen LogP contribution in [0.3, 0.4) is 0 Å². The third kappa shape index (κ3) is 4.10. The molecule has 1 saturated carbocycles. The number of hydrogen-bond acceptors (Lipinski definition) is 1. The minimum Gasteiger partial charge on any atom is -0.316 e. The summed E-state index contributed by atoms with van der Waals surface area (Å²) < 4.78 is 0. The predicted molar refractivity (Wildman–Crippen MR) is 93.1 cm³/mol. The van der Waals surface area contributed by atoms with Crippen LogP contribution in [-0.4, -0.2) is 13.1 Å². The van der Waals surface area contributed by atoms with Gasteiger partial charge in [-0.25, -0.2) is 0 Å². The van der Waals surface area contributed by atoms with Gasteiger partial charge in [-0.2, -0.15) is 0 Å². The Kier molecular flexibility index (Phi) is 5.87. The van der Waals surface area contributed by atoms with Gasteiger partial charge >= 0.3 is 0 Å². The van der Waals surface area contributed by atoms with Crippen LogP contribution in [0.2, 0.25) is 0 Å². The normalized spacial score (nSPS) is 26.0. The van der Waals surface area contributed by atoms with Gasteiger partial charge in [-0.15, -0.1) is 0 Å². The highest BCUT2D eigenvalue weighted by Gasteiger charge is 2.30. The number of rotatable bonds is 5. The molecule has 0 amide bonds. The first-order chi connectivity index (χ1) is 10.0. The first-order valence-electron chi connectivity index (χ1n) is 8.81. The molecule has 3 atom stereocenters. The van der Waals surface area contributed by atoms with Crippen LogP contribution in [-0.2, 0) is 0 Å². The topological polar surface area (TPSA) is 12.0 Å². The third-order valence-electron chi connectivity index (χ3n) is 5.37. The van der Waals surface area contributed by atoms with E-state index in [4.69, 9.17) is 0 Å². The van der Waals surface area contributed by atoms with Gasteiger partial charge in [0, 0.05) is 0 Å². The van der Waals surface area contributed by atoms with Crippen molar-refractivity contribution in [1.29, 1.82) is 0 Å². The van der Waals surface area contributed by atoms with Crippen molar-refractivity contribution in [2.75, 3.05) is 13.1 Å². The molecule has 0 aliphatic heterocycles. The Balaban J connectivity index is 2.21. The molecule has 0 radical (unpaired) electrons. The van der Waals surface area contributed by atoms with Crippen LogP contribution in [0.1, 0.15) is 67.7 Å². The van der Waals surface area contributed by atoms with Gasteiger partial charge in [0.25, 0.3) is 0 Å². The molecular formula is C20H33N. The average molecular weight is 287 g/mol. The molecule has 1 aliphatic carbocycles. The van der Waals surface area contributed by atoms with E-state index in [-0.39, 0.29) is 0 Å². The Labute approximate surface area is 131 Å². The van der Waals surface area contributed by atoms with E-state index < -0.39 is 0 Å². The summed E-state index contributed by atoms with van der Waals surface area (Å²) in [5, 5.41) is 3.66. The summed E-state index contributed by atoms with van der Waals surface area (Å²) in [4.78, 5) is 0. The van der Waals surface area contributed by atoms with Crippen LogP contribution in [0.4, 0.5) is 0 Å². The highest BCUT2D eigenvalue weighted by atomic mass is 14.9. The van der Waals surface area contributed by atoms with E-state index in [1.165, 1.54) is 48.9 Å². The zero-order valence-electron chi connectivity index (χ0n) is 14.6. The van der Waals surface area contributed by atoms with Crippen LogP contribution in [0.5, 0.6) is 0 Å². The van der Waals surface area contributed by atoms with Gasteiger partial charge < -0.3 is 5.32 Å². The summed E-state index contributed by atoms with van der Waals surface area (Å²) in [7, 11) is 0. The molecule has 21 heavy (non-hydrogen) atoms. The summed E-state index contributed by atoms with van der Waals surface area (Å²) in [5.41, 5.74) is 6.00. The quantitative estimate of drug-likeness (QED) is 0.740. The van der Waals surface area contributed by atoms with Crippen LogP contribution >= 0.6 is 0 Å². The molecule has 0 heterocycles. The molecule has 1 heteroatoms. The van der Waals surface area contributed by atoms with Crippen molar-refractivity contribution in [3.63, 3.8) is 0 Å². The molecule has 1 N–H and O–H groups in total. The van der Waals surface area contributed by atoms with Gasteiger partial charge in [-0.05, 0) is 93.1 Å². The van der Waals surface area contributed by atoms with Crippen molar-refractivity contribution in [1.82, 2.24) is 5.32 Å². The summed E-state index contributed by atoms with van der Waals surface area (Å²) in [6.07, 6.45) is 5.38. The van der Waals surface area contributed by atoms with Crippen molar-refractivity contribution < 1.29 is 0 Å². The van der Waals surface area contributed by atoms with E-state index in [1.54, 1.807) is 5.56 Å². The number of hydrogen-bond donors (Lipinski definition) is 1. The zero-order valence-corrected chi connectivity index (χ0v) is 14.6. The summed E-state index contributed by atoms with van der Waals surface area (Å²) in [6.45, 7) is 13.8. The smallest absolute Gasteiger partial charge is 0.00147 e. The lowest BCUT2D eigenvalue weighted by molar-refractivity contribution is 0.241. The Hall–Kier alpha value is -0.820. The van der Waals surface area contributed by atoms with E-state index in [2.05, 4.69) is 52.1 Å². The lowest BCUT2D eigenvalue weighted by Gasteiger charge is -2.36. The lowest BCUT2D eigenvalue weighted by Crippen LogP contribution is -2.32. The monoisotopic (exact) mass is 287 g/mol. The Bertz CT molecular complexity index is 463. The van der Waals surface area contributed by atoms with Crippen LogP contribution < -0.4 is 5.32 Å². The van der Waals surface area contributed by atoms with Gasteiger partial charge in [0.15, 0.2) is 0 Å². The maximum absolute atomic E-state index is 3.66. The van der Waals surface area contributed by atoms with Crippen LogP contribution in [0.15, 0.2) is 12.1 Å². The molecule has 118 valence electrons. The molecule has 0 bridgehead atoms. The third-order valence-corrected chi connectivity index (χ3v) is 5.37. The van der Waals surface area contributed by atoms with Crippen molar-refractivity contribution in [2.24, 2.45) is 11.8 Å². The number of aryl methyl sites for hydroxylation is 3.